The highest BCUT2D eigenvalue weighted by Gasteiger charge is 2.18. The number of ether oxygens (including phenoxy) is 2. The first-order chi connectivity index (χ1) is 15.2. The second-order valence-corrected chi connectivity index (χ2v) is 8.72. The molecule has 0 fully saturated rings. The number of methoxy groups -OCH3 is 1. The van der Waals surface area contributed by atoms with Gasteiger partial charge in [-0.25, -0.2) is 12.8 Å². The highest BCUT2D eigenvalue weighted by Crippen LogP contribution is 2.28. The third kappa shape index (κ3) is 5.76. The maximum atomic E-state index is 13.0. The first kappa shape index (κ1) is 23.1. The Morgan fingerprint density at radius 2 is 1.66 bits per heavy atom. The Hall–Kier alpha value is -3.59. The lowest BCUT2D eigenvalue weighted by atomic mass is 10.2. The summed E-state index contributed by atoms with van der Waals surface area (Å²) >= 11 is 0. The molecule has 3 aromatic rings. The lowest BCUT2D eigenvalue weighted by molar-refractivity contribution is -0.122. The Morgan fingerprint density at radius 3 is 2.28 bits per heavy atom. The van der Waals surface area contributed by atoms with Gasteiger partial charge in [0.1, 0.15) is 17.3 Å². The smallest absolute Gasteiger partial charge is 0.265 e. The minimum atomic E-state index is -3.87. The largest absolute Gasteiger partial charge is 0.495 e. The monoisotopic (exact) mass is 458 g/mol. The molecular weight excluding hydrogens is 435 g/mol. The molecule has 1 amide bonds. The minimum Gasteiger partial charge on any atom is -0.495 e. The molecule has 0 aromatic heterocycles. The molecule has 0 spiro atoms. The van der Waals surface area contributed by atoms with Crippen molar-refractivity contribution in [2.45, 2.75) is 24.8 Å². The molecule has 0 heterocycles. The average molecular weight is 459 g/mol. The molecule has 32 heavy (non-hydrogen) atoms. The second kappa shape index (κ2) is 9.69. The third-order valence-corrected chi connectivity index (χ3v) is 5.91. The maximum Gasteiger partial charge on any atom is 0.265 e. The van der Waals surface area contributed by atoms with Gasteiger partial charge in [-0.1, -0.05) is 6.07 Å². The van der Waals surface area contributed by atoms with Crippen LogP contribution in [0.5, 0.6) is 11.5 Å². The van der Waals surface area contributed by atoms with Crippen molar-refractivity contribution in [2.75, 3.05) is 17.1 Å². The molecule has 0 saturated carbocycles. The minimum absolute atomic E-state index is 0.0228. The highest BCUT2D eigenvalue weighted by molar-refractivity contribution is 7.92. The lowest BCUT2D eigenvalue weighted by Crippen LogP contribution is -2.30. The van der Waals surface area contributed by atoms with E-state index in [-0.39, 0.29) is 4.90 Å². The van der Waals surface area contributed by atoms with E-state index < -0.39 is 27.9 Å². The van der Waals surface area contributed by atoms with Crippen molar-refractivity contribution in [1.82, 2.24) is 0 Å². The topological polar surface area (TPSA) is 93.7 Å². The van der Waals surface area contributed by atoms with Crippen molar-refractivity contribution in [3.63, 3.8) is 0 Å². The molecule has 0 aliphatic heterocycles. The van der Waals surface area contributed by atoms with Crippen LogP contribution in [0.1, 0.15) is 12.5 Å². The van der Waals surface area contributed by atoms with Gasteiger partial charge in [-0.3, -0.25) is 9.52 Å². The van der Waals surface area contributed by atoms with E-state index in [9.17, 15) is 17.6 Å². The molecule has 3 aromatic carbocycles. The van der Waals surface area contributed by atoms with Gasteiger partial charge in [0, 0.05) is 5.69 Å². The fraction of sp³-hybridized carbons (Fsp3) is 0.174. The number of carbonyl (C=O) groups excluding carboxylic acids is 1. The zero-order valence-corrected chi connectivity index (χ0v) is 18.6. The van der Waals surface area contributed by atoms with Crippen molar-refractivity contribution < 1.29 is 27.1 Å². The van der Waals surface area contributed by atoms with Gasteiger partial charge in [0.15, 0.2) is 6.10 Å². The number of aryl methyl sites for hydroxylation is 1. The van der Waals surface area contributed by atoms with E-state index >= 15 is 0 Å². The Morgan fingerprint density at radius 1 is 1.00 bits per heavy atom. The molecule has 1 atom stereocenters. The van der Waals surface area contributed by atoms with Crippen LogP contribution in [0.15, 0.2) is 71.6 Å². The first-order valence-corrected chi connectivity index (χ1v) is 11.2. The molecule has 0 unspecified atom stereocenters. The zero-order valence-electron chi connectivity index (χ0n) is 17.8. The van der Waals surface area contributed by atoms with Crippen molar-refractivity contribution in [3.05, 3.63) is 78.1 Å². The van der Waals surface area contributed by atoms with Crippen molar-refractivity contribution in [3.8, 4) is 11.5 Å². The number of halogens is 1. The predicted octanol–water partition coefficient (Wildman–Crippen LogP) is 4.35. The standard InChI is InChI=1S/C23H23FN2O5S/c1-15-4-13-22(30-3)21(14-15)26-32(28,29)20-11-7-18(8-12-20)25-23(27)16(2)31-19-9-5-17(24)6-10-19/h4-14,16,26H,1-3H3,(H,25,27)/t16-/m0/s1. The quantitative estimate of drug-likeness (QED) is 0.524. The van der Waals surface area contributed by atoms with Gasteiger partial charge in [-0.05, 0) is 80.1 Å². The van der Waals surface area contributed by atoms with Crippen molar-refractivity contribution in [2.24, 2.45) is 0 Å². The van der Waals surface area contributed by atoms with Crippen molar-refractivity contribution in [1.29, 1.82) is 0 Å². The summed E-state index contributed by atoms with van der Waals surface area (Å²) in [6, 6.07) is 16.2. The van der Waals surface area contributed by atoms with Gasteiger partial charge in [0.2, 0.25) is 0 Å². The van der Waals surface area contributed by atoms with E-state index in [1.54, 1.807) is 19.1 Å². The van der Waals surface area contributed by atoms with Crippen LogP contribution in [0.3, 0.4) is 0 Å². The van der Waals surface area contributed by atoms with Crippen LogP contribution in [0.4, 0.5) is 15.8 Å². The molecule has 0 aliphatic rings. The second-order valence-electron chi connectivity index (χ2n) is 7.04. The summed E-state index contributed by atoms with van der Waals surface area (Å²) in [6.45, 7) is 3.40. The molecule has 0 bridgehead atoms. The summed E-state index contributed by atoms with van der Waals surface area (Å²) in [5.74, 6) is -0.0845. The summed E-state index contributed by atoms with van der Waals surface area (Å²) in [5.41, 5.74) is 1.60. The zero-order chi connectivity index (χ0) is 23.3. The summed E-state index contributed by atoms with van der Waals surface area (Å²) in [4.78, 5) is 12.4. The number of anilines is 2. The van der Waals surface area contributed by atoms with E-state index in [2.05, 4.69) is 10.0 Å². The third-order valence-electron chi connectivity index (χ3n) is 4.53. The number of amides is 1. The summed E-state index contributed by atoms with van der Waals surface area (Å²) in [6.07, 6.45) is -0.848. The number of benzene rings is 3. The molecule has 9 heteroatoms. The van der Waals surface area contributed by atoms with Crippen LogP contribution in [0.2, 0.25) is 0 Å². The molecule has 2 N–H and O–H groups in total. The van der Waals surface area contributed by atoms with Crippen LogP contribution in [0, 0.1) is 12.7 Å². The molecule has 3 rings (SSSR count). The molecule has 0 saturated heterocycles. The molecule has 7 nitrogen and oxygen atoms in total. The van der Waals surface area contributed by atoms with Gasteiger partial charge in [-0.15, -0.1) is 0 Å². The van der Waals surface area contributed by atoms with Crippen LogP contribution < -0.4 is 19.5 Å². The Bertz CT molecular complexity index is 1200. The number of sulfonamides is 1. The molecule has 0 aliphatic carbocycles. The maximum absolute atomic E-state index is 13.0. The SMILES string of the molecule is COc1ccc(C)cc1NS(=O)(=O)c1ccc(NC(=O)[C@H](C)Oc2ccc(F)cc2)cc1. The number of nitrogens with one attached hydrogen (secondary N) is 2. The normalized spacial score (nSPS) is 12.0. The Balaban J connectivity index is 1.66. The Kier molecular flexibility index (Phi) is 6.99. The van der Waals surface area contributed by atoms with E-state index in [1.165, 1.54) is 55.6 Å². The highest BCUT2D eigenvalue weighted by atomic mass is 32.2. The predicted molar refractivity (Wildman–Crippen MR) is 120 cm³/mol. The number of carbonyl (C=O) groups is 1. The van der Waals surface area contributed by atoms with Gasteiger partial charge >= 0.3 is 0 Å². The fourth-order valence-corrected chi connectivity index (χ4v) is 3.90. The van der Waals surface area contributed by atoms with Crippen LogP contribution in [-0.4, -0.2) is 27.5 Å². The van der Waals surface area contributed by atoms with Gasteiger partial charge in [-0.2, -0.15) is 0 Å². The number of rotatable bonds is 8. The summed E-state index contributed by atoms with van der Waals surface area (Å²) < 4.78 is 51.7. The first-order valence-electron chi connectivity index (χ1n) is 9.68. The van der Waals surface area contributed by atoms with E-state index in [1.807, 2.05) is 13.0 Å². The van der Waals surface area contributed by atoms with Gasteiger partial charge in [0.25, 0.3) is 15.9 Å². The van der Waals surface area contributed by atoms with Crippen LogP contribution >= 0.6 is 0 Å². The lowest BCUT2D eigenvalue weighted by Gasteiger charge is -2.15. The van der Waals surface area contributed by atoms with E-state index in [0.717, 1.165) is 5.56 Å². The van der Waals surface area contributed by atoms with E-state index in [0.29, 0.717) is 22.9 Å². The number of hydrogen-bond acceptors (Lipinski definition) is 5. The van der Waals surface area contributed by atoms with E-state index in [4.69, 9.17) is 9.47 Å². The number of hydrogen-bond donors (Lipinski definition) is 2. The van der Waals surface area contributed by atoms with Gasteiger partial charge < -0.3 is 14.8 Å². The fourth-order valence-electron chi connectivity index (χ4n) is 2.84. The summed E-state index contributed by atoms with van der Waals surface area (Å²) in [5, 5.41) is 2.65. The molecule has 0 radical (unpaired) electrons. The van der Waals surface area contributed by atoms with Crippen LogP contribution in [0.25, 0.3) is 0 Å². The van der Waals surface area contributed by atoms with Crippen molar-refractivity contribution >= 4 is 27.3 Å². The Labute approximate surface area is 186 Å². The van der Waals surface area contributed by atoms with Gasteiger partial charge in [0.05, 0.1) is 17.7 Å². The molecule has 168 valence electrons. The average Bonchev–Trinajstić information content (AvgIpc) is 2.75. The summed E-state index contributed by atoms with van der Waals surface area (Å²) in [7, 11) is -2.41. The van der Waals surface area contributed by atoms with Crippen LogP contribution in [-0.2, 0) is 14.8 Å². The molecular formula is C23H23FN2O5S.